The van der Waals surface area contributed by atoms with Gasteiger partial charge in [-0.2, -0.15) is 0 Å². The fourth-order valence-electron chi connectivity index (χ4n) is 2.45. The van der Waals surface area contributed by atoms with Crippen molar-refractivity contribution in [2.75, 3.05) is 47.7 Å². The van der Waals surface area contributed by atoms with Crippen LogP contribution in [0.1, 0.15) is 6.92 Å². The number of nitrogens with zero attached hydrogens (tertiary/aromatic N) is 6. The predicted octanol–water partition coefficient (Wildman–Crippen LogP) is 1.85. The molecule has 2 fully saturated rings. The van der Waals surface area contributed by atoms with Crippen LogP contribution in [-0.4, -0.2) is 114 Å². The van der Waals surface area contributed by atoms with Crippen molar-refractivity contribution in [2.45, 2.75) is 37.4 Å². The van der Waals surface area contributed by atoms with Crippen LogP contribution in [0, 0.1) is 66.6 Å². The van der Waals surface area contributed by atoms with E-state index in [1.54, 1.807) is 21.6 Å². The molecule has 0 aromatic heterocycles. The number of rotatable bonds is 19. The Morgan fingerprint density at radius 2 is 1.02 bits per heavy atom. The summed E-state index contributed by atoms with van der Waals surface area (Å²) in [5.74, 6) is 2.61. The van der Waals surface area contributed by atoms with Crippen LogP contribution in [0.3, 0.4) is 0 Å². The molecule has 0 aromatic rings. The van der Waals surface area contributed by atoms with Crippen LogP contribution in [0.4, 0.5) is 0 Å². The van der Waals surface area contributed by atoms with E-state index in [-0.39, 0.29) is 23.5 Å². The van der Waals surface area contributed by atoms with Crippen molar-refractivity contribution in [3.63, 3.8) is 0 Å². The van der Waals surface area contributed by atoms with Gasteiger partial charge in [0.1, 0.15) is 37.6 Å². The zero-order chi connectivity index (χ0) is 35.1. The Labute approximate surface area is 280 Å². The standard InChI is InChI=1S/C6H10N4O12S2.C5H9NO3S2.C4H7NO4S2/c11-7(12)19-1-5(21-9(15)16)3-23-24-4-6(22-10(17)18)2-20-8(13)14;1-4-2-10-11-3-5(4)9-6(7)8;6-3-1-10-11-2-4(3)9-5(7)8/h5-6H,1-4H2;4-5H,2-3H2,1H3;3-4,6H,1-2H2. The molecule has 0 bridgehead atoms. The highest BCUT2D eigenvalue weighted by atomic mass is 33.1. The molecule has 2 aliphatic heterocycles. The lowest BCUT2D eigenvalue weighted by Crippen LogP contribution is -2.36. The maximum atomic E-state index is 10.2. The Kier molecular flexibility index (Phi) is 23.9. The maximum Gasteiger partial charge on any atom is 0.294 e. The van der Waals surface area contributed by atoms with Crippen molar-refractivity contribution < 1.29 is 64.7 Å². The van der Waals surface area contributed by atoms with Crippen molar-refractivity contribution in [3.05, 3.63) is 60.7 Å². The molecule has 6 atom stereocenters. The van der Waals surface area contributed by atoms with E-state index in [9.17, 15) is 60.7 Å². The lowest BCUT2D eigenvalue weighted by Gasteiger charge is -2.25. The average Bonchev–Trinajstić information content (AvgIpc) is 2.94. The molecular weight excluding hydrogens is 761 g/mol. The summed E-state index contributed by atoms with van der Waals surface area (Å²) < 4.78 is 0. The molecule has 0 saturated carbocycles. The Morgan fingerprint density at radius 1 is 0.630 bits per heavy atom. The molecular formula is C15H26N6O19S6. The molecule has 6 unspecified atom stereocenters. The van der Waals surface area contributed by atoms with Crippen LogP contribution in [-0.2, 0) is 29.0 Å². The summed E-state index contributed by atoms with van der Waals surface area (Å²) in [7, 11) is 8.16. The van der Waals surface area contributed by atoms with Gasteiger partial charge in [-0.3, -0.25) is 0 Å². The molecule has 2 aliphatic rings. The second kappa shape index (κ2) is 25.4. The van der Waals surface area contributed by atoms with Gasteiger partial charge in [-0.1, -0.05) is 71.7 Å². The summed E-state index contributed by atoms with van der Waals surface area (Å²) in [6.07, 6.45) is -4.10. The lowest BCUT2D eigenvalue weighted by atomic mass is 10.1. The van der Waals surface area contributed by atoms with E-state index in [2.05, 4.69) is 29.0 Å². The first-order valence-corrected chi connectivity index (χ1v) is 19.3. The van der Waals surface area contributed by atoms with Crippen LogP contribution >= 0.6 is 64.8 Å². The van der Waals surface area contributed by atoms with Gasteiger partial charge in [0.15, 0.2) is 0 Å². The third-order valence-corrected chi connectivity index (χ3v) is 12.0. The van der Waals surface area contributed by atoms with E-state index in [0.29, 0.717) is 17.3 Å². The molecule has 0 aromatic carbocycles. The molecule has 0 aliphatic carbocycles. The largest absolute Gasteiger partial charge is 0.390 e. The fourth-order valence-corrected chi connectivity index (χ4v) is 9.88. The van der Waals surface area contributed by atoms with Crippen LogP contribution in [0.25, 0.3) is 0 Å². The number of hydrogen-bond acceptors (Lipinski definition) is 25. The second-order valence-corrected chi connectivity index (χ2v) is 15.6. The van der Waals surface area contributed by atoms with E-state index in [1.165, 1.54) is 21.6 Å². The summed E-state index contributed by atoms with van der Waals surface area (Å²) in [6.45, 7) is 0.586. The highest BCUT2D eigenvalue weighted by Crippen LogP contribution is 2.34. The molecule has 0 amide bonds. The summed E-state index contributed by atoms with van der Waals surface area (Å²) in [4.78, 5) is 85.4. The highest BCUT2D eigenvalue weighted by Gasteiger charge is 2.27. The first kappa shape index (κ1) is 43.3. The molecule has 0 radical (unpaired) electrons. The summed E-state index contributed by atoms with van der Waals surface area (Å²) in [6, 6.07) is 0. The third-order valence-electron chi connectivity index (χ3n) is 4.50. The summed E-state index contributed by atoms with van der Waals surface area (Å²) >= 11 is 0. The first-order valence-electron chi connectivity index (χ1n) is 11.8. The van der Waals surface area contributed by atoms with E-state index < -0.39 is 68.1 Å². The number of aliphatic hydroxyl groups excluding tert-OH is 1. The topological polar surface area (TPSA) is 334 Å². The minimum Gasteiger partial charge on any atom is -0.390 e. The summed E-state index contributed by atoms with van der Waals surface area (Å²) in [5, 5.41) is 63.4. The van der Waals surface area contributed by atoms with Crippen LogP contribution in [0.2, 0.25) is 0 Å². The molecule has 1 N–H and O–H groups in total. The van der Waals surface area contributed by atoms with Gasteiger partial charge in [0.05, 0.1) is 6.10 Å². The highest BCUT2D eigenvalue weighted by molar-refractivity contribution is 8.77. The van der Waals surface area contributed by atoms with Gasteiger partial charge in [-0.25, -0.2) is 0 Å². The number of hydrogen-bond donors (Lipinski definition) is 1. The van der Waals surface area contributed by atoms with Crippen LogP contribution in [0.5, 0.6) is 0 Å². The third kappa shape index (κ3) is 24.5. The molecule has 25 nitrogen and oxygen atoms in total. The van der Waals surface area contributed by atoms with E-state index in [1.807, 2.05) is 6.92 Å². The SMILES string of the molecule is CC1CSSCC1O[N+](=O)[O-].O=[N+]([O-])OC1CSSCC1O.O=[N+]([O-])OCC(CSSCC(CO[N+](=O)[O-])O[N+](=O)[O-])O[N+](=O)[O-]. The van der Waals surface area contributed by atoms with Crippen molar-refractivity contribution in [3.8, 4) is 0 Å². The molecule has 2 saturated heterocycles. The van der Waals surface area contributed by atoms with Gasteiger partial charge < -0.3 is 34.1 Å². The average molecular weight is 787 g/mol. The Morgan fingerprint density at radius 3 is 1.39 bits per heavy atom. The Balaban J connectivity index is 0.000000753. The maximum absolute atomic E-state index is 10.2. The first-order chi connectivity index (χ1) is 21.6. The van der Waals surface area contributed by atoms with E-state index >= 15 is 0 Å². The van der Waals surface area contributed by atoms with Gasteiger partial charge >= 0.3 is 0 Å². The molecule has 266 valence electrons. The smallest absolute Gasteiger partial charge is 0.294 e. The zero-order valence-electron chi connectivity index (χ0n) is 23.0. The quantitative estimate of drug-likeness (QED) is 0.0844. The second-order valence-electron chi connectivity index (χ2n) is 7.93. The van der Waals surface area contributed by atoms with Gasteiger partial charge in [0.25, 0.3) is 30.5 Å². The van der Waals surface area contributed by atoms with Gasteiger partial charge in [0.2, 0.25) is 0 Å². The van der Waals surface area contributed by atoms with Crippen molar-refractivity contribution in [1.29, 1.82) is 0 Å². The Bertz CT molecular complexity index is 905. The zero-order valence-corrected chi connectivity index (χ0v) is 27.9. The van der Waals surface area contributed by atoms with Crippen LogP contribution in [0.15, 0.2) is 0 Å². The normalized spacial score (nSPS) is 21.5. The summed E-state index contributed by atoms with van der Waals surface area (Å²) in [5.41, 5.74) is 0. The minimum absolute atomic E-state index is 0.138. The monoisotopic (exact) mass is 786 g/mol. The van der Waals surface area contributed by atoms with Gasteiger partial charge in [-0.15, -0.1) is 60.7 Å². The van der Waals surface area contributed by atoms with Crippen molar-refractivity contribution >= 4 is 64.8 Å². The fraction of sp³-hybridized carbons (Fsp3) is 1.00. The molecule has 2 heterocycles. The minimum atomic E-state index is -1.26. The van der Waals surface area contributed by atoms with E-state index in [0.717, 1.165) is 27.3 Å². The van der Waals surface area contributed by atoms with Gasteiger partial charge in [0, 0.05) is 34.5 Å². The molecule has 0 spiro atoms. The number of aliphatic hydroxyl groups is 1. The predicted molar refractivity (Wildman–Crippen MR) is 163 cm³/mol. The van der Waals surface area contributed by atoms with Gasteiger partial charge in [-0.05, 0) is 5.92 Å². The van der Waals surface area contributed by atoms with Crippen molar-refractivity contribution in [1.82, 2.24) is 0 Å². The van der Waals surface area contributed by atoms with Crippen LogP contribution < -0.4 is 0 Å². The lowest BCUT2D eigenvalue weighted by molar-refractivity contribution is -0.788. The Hall–Kier alpha value is -2.74. The molecule has 46 heavy (non-hydrogen) atoms. The molecule has 2 rings (SSSR count). The molecule has 31 heteroatoms. The van der Waals surface area contributed by atoms with E-state index in [4.69, 9.17) is 5.11 Å². The van der Waals surface area contributed by atoms with Crippen molar-refractivity contribution in [2.24, 2.45) is 5.92 Å².